The van der Waals surface area contributed by atoms with Gasteiger partial charge < -0.3 is 52.0 Å². The van der Waals surface area contributed by atoms with Crippen molar-refractivity contribution in [3.8, 4) is 5.75 Å². The Morgan fingerprint density at radius 1 is 0.846 bits per heavy atom. The normalized spacial score (nSPS) is 16.9. The van der Waals surface area contributed by atoms with E-state index in [9.17, 15) is 43.8 Å². The summed E-state index contributed by atoms with van der Waals surface area (Å²) in [5.74, 6) is -5.71. The predicted octanol–water partition coefficient (Wildman–Crippen LogP) is 2.20. The van der Waals surface area contributed by atoms with Gasteiger partial charge in [-0.1, -0.05) is 96.3 Å². The molecule has 1 aliphatic heterocycles. The first-order chi connectivity index (χ1) is 30.9. The van der Waals surface area contributed by atoms with Gasteiger partial charge in [0.25, 0.3) is 0 Å². The summed E-state index contributed by atoms with van der Waals surface area (Å²) in [7, 11) is 1.45. The Kier molecular flexibility index (Phi) is 19.5. The van der Waals surface area contributed by atoms with Gasteiger partial charge in [-0.25, -0.2) is 9.78 Å². The van der Waals surface area contributed by atoms with E-state index in [1.165, 1.54) is 41.5 Å². The second-order valence-corrected chi connectivity index (χ2v) is 17.3. The fraction of sp³-hybridized carbons (Fsp3) is 0.532. The number of aliphatic carboxylic acids is 1. The van der Waals surface area contributed by atoms with Crippen LogP contribution in [0.25, 0.3) is 0 Å². The van der Waals surface area contributed by atoms with Gasteiger partial charge in [0.15, 0.2) is 0 Å². The molecule has 1 aliphatic rings. The number of nitrogens with two attached hydrogens (primary N) is 1. The molecule has 0 saturated carbocycles. The number of likely N-dealkylation sites (N-methyl/N-ethyl adjacent to an activating group) is 1. The molecular formula is C47H67N9O9. The number of unbranched alkanes of at least 4 members (excludes halogenated alkanes) is 1. The van der Waals surface area contributed by atoms with E-state index in [0.717, 1.165) is 12.8 Å². The lowest BCUT2D eigenvalue weighted by Gasteiger charge is -2.35. The van der Waals surface area contributed by atoms with Crippen molar-refractivity contribution in [3.63, 3.8) is 0 Å². The van der Waals surface area contributed by atoms with E-state index in [0.29, 0.717) is 36.1 Å². The van der Waals surface area contributed by atoms with E-state index in [1.54, 1.807) is 63.2 Å². The molecule has 0 spiro atoms. The Labute approximate surface area is 380 Å². The first-order valence-electron chi connectivity index (χ1n) is 22.5. The van der Waals surface area contributed by atoms with E-state index in [-0.39, 0.29) is 43.9 Å². The number of carboxylic acid groups (broad SMARTS) is 1. The van der Waals surface area contributed by atoms with E-state index in [4.69, 9.17) is 5.73 Å². The second kappa shape index (κ2) is 24.7. The van der Waals surface area contributed by atoms with Gasteiger partial charge >= 0.3 is 5.97 Å². The standard InChI is InChI=1S/C47H67N9O9/c1-7-9-16-34(48)41(58)53-39(28(3)4)46(63)55(6)38(24-31-18-20-33(57)21-19-31)43(60)54-40(29(5)8-2)44(61)51-35(25-32-26-49-27-50-32)45(62)56-22-13-17-37(56)42(59)52-36(47(64)65)23-30-14-11-10-12-15-30/h10-12,14-15,18-21,26-29,34-40,57H,7-9,13,16-17,22-25,48H2,1-6H3,(H,49,50)(H,51,61)(H,52,59)(H,53,58)(H,54,60)(H,64,65)/t29-,34-,35-,36-,37-,38-,39-,40-/m0/s1. The first kappa shape index (κ1) is 51.3. The number of aromatic nitrogens is 2. The van der Waals surface area contributed by atoms with Gasteiger partial charge in [-0.15, -0.1) is 0 Å². The van der Waals surface area contributed by atoms with E-state index >= 15 is 0 Å². The Morgan fingerprint density at radius 2 is 1.51 bits per heavy atom. The summed E-state index contributed by atoms with van der Waals surface area (Å²) < 4.78 is 0. The molecule has 18 heteroatoms. The van der Waals surface area contributed by atoms with Gasteiger partial charge in [-0.3, -0.25) is 28.8 Å². The molecule has 6 amide bonds. The maximum Gasteiger partial charge on any atom is 0.326 e. The number of phenolic OH excluding ortho intramolecular Hbond substituents is 1. The van der Waals surface area contributed by atoms with Crippen LogP contribution in [0, 0.1) is 11.8 Å². The second-order valence-electron chi connectivity index (χ2n) is 17.3. The molecule has 4 rings (SSSR count). The topological polar surface area (TPSA) is 269 Å². The minimum Gasteiger partial charge on any atom is -0.508 e. The number of aromatic amines is 1. The lowest BCUT2D eigenvalue weighted by molar-refractivity contribution is -0.145. The number of hydrogen-bond donors (Lipinski definition) is 8. The molecule has 1 fully saturated rings. The van der Waals surface area contributed by atoms with Crippen LogP contribution in [0.2, 0.25) is 0 Å². The average molecular weight is 902 g/mol. The summed E-state index contributed by atoms with van der Waals surface area (Å²) >= 11 is 0. The lowest BCUT2D eigenvalue weighted by atomic mass is 9.95. The zero-order valence-electron chi connectivity index (χ0n) is 38.3. The zero-order valence-corrected chi connectivity index (χ0v) is 38.3. The predicted molar refractivity (Wildman–Crippen MR) is 243 cm³/mol. The number of benzene rings is 2. The Bertz CT molecular complexity index is 2050. The molecule has 0 bridgehead atoms. The van der Waals surface area contributed by atoms with Crippen molar-refractivity contribution in [2.24, 2.45) is 17.6 Å². The van der Waals surface area contributed by atoms with Crippen molar-refractivity contribution < 1.29 is 43.8 Å². The number of rotatable bonds is 24. The van der Waals surface area contributed by atoms with Crippen LogP contribution in [0.4, 0.5) is 0 Å². The van der Waals surface area contributed by atoms with Gasteiger partial charge in [0.05, 0.1) is 12.4 Å². The molecule has 18 nitrogen and oxygen atoms in total. The van der Waals surface area contributed by atoms with Gasteiger partial charge in [0, 0.05) is 44.7 Å². The summed E-state index contributed by atoms with van der Waals surface area (Å²) in [6, 6.07) is 7.23. The first-order valence-corrected chi connectivity index (χ1v) is 22.5. The fourth-order valence-corrected chi connectivity index (χ4v) is 7.81. The molecule has 0 radical (unpaired) electrons. The Balaban J connectivity index is 1.60. The Morgan fingerprint density at radius 3 is 2.11 bits per heavy atom. The van der Waals surface area contributed by atoms with Crippen LogP contribution in [0.5, 0.6) is 5.75 Å². The molecular weight excluding hydrogens is 835 g/mol. The van der Waals surface area contributed by atoms with E-state index < -0.39 is 89.6 Å². The number of nitrogens with one attached hydrogen (secondary N) is 5. The van der Waals surface area contributed by atoms with Gasteiger partial charge in [0.2, 0.25) is 35.4 Å². The quantitative estimate of drug-likeness (QED) is 0.0646. The molecule has 2 aromatic carbocycles. The maximum atomic E-state index is 14.6. The van der Waals surface area contributed by atoms with Crippen LogP contribution in [-0.4, -0.2) is 127 Å². The van der Waals surface area contributed by atoms with Crippen molar-refractivity contribution in [1.29, 1.82) is 0 Å². The molecule has 354 valence electrons. The lowest BCUT2D eigenvalue weighted by Crippen LogP contribution is -2.62. The molecule has 0 aliphatic carbocycles. The van der Waals surface area contributed by atoms with Gasteiger partial charge in [-0.2, -0.15) is 0 Å². The number of carbonyl (C=O) groups excluding carboxylic acids is 6. The summed E-state index contributed by atoms with van der Waals surface area (Å²) in [4.78, 5) is 106. The van der Waals surface area contributed by atoms with Crippen molar-refractivity contribution in [3.05, 3.63) is 83.9 Å². The minimum atomic E-state index is -1.25. The number of carbonyl (C=O) groups is 7. The number of H-pyrrole nitrogens is 1. The SMILES string of the molecule is CCCC[C@H](N)C(=O)N[C@H](C(=O)N(C)[C@@H](Cc1ccc(O)cc1)C(=O)N[C@H](C(=O)N[C@@H](Cc1cnc[nH]1)C(=O)N1CCC[C@H]1C(=O)N[C@@H](Cc1ccccc1)C(=O)O)[C@@H](C)CC)C(C)C. The van der Waals surface area contributed by atoms with Crippen molar-refractivity contribution >= 4 is 41.4 Å². The number of hydrogen-bond acceptors (Lipinski definition) is 10. The van der Waals surface area contributed by atoms with Crippen LogP contribution in [0.1, 0.15) is 90.0 Å². The van der Waals surface area contributed by atoms with Crippen LogP contribution >= 0.6 is 0 Å². The van der Waals surface area contributed by atoms with Crippen LogP contribution in [0.15, 0.2) is 67.1 Å². The molecule has 0 unspecified atom stereocenters. The summed E-state index contributed by atoms with van der Waals surface area (Å²) in [5.41, 5.74) is 7.96. The highest BCUT2D eigenvalue weighted by Crippen LogP contribution is 2.22. The number of nitrogens with zero attached hydrogens (tertiary/aromatic N) is 3. The fourth-order valence-electron chi connectivity index (χ4n) is 7.81. The number of aromatic hydroxyl groups is 1. The number of imidazole rings is 1. The molecule has 1 saturated heterocycles. The number of likely N-dealkylation sites (tertiary alicyclic amines) is 1. The highest BCUT2D eigenvalue weighted by Gasteiger charge is 2.41. The summed E-state index contributed by atoms with van der Waals surface area (Å²) in [5, 5.41) is 31.1. The number of amides is 6. The summed E-state index contributed by atoms with van der Waals surface area (Å²) in [6.45, 7) is 9.29. The molecule has 1 aromatic heterocycles. The largest absolute Gasteiger partial charge is 0.508 e. The highest BCUT2D eigenvalue weighted by molar-refractivity contribution is 5.97. The molecule has 3 aromatic rings. The van der Waals surface area contributed by atoms with Crippen LogP contribution in [0.3, 0.4) is 0 Å². The molecule has 8 atom stereocenters. The van der Waals surface area contributed by atoms with Crippen molar-refractivity contribution in [1.82, 2.24) is 41.0 Å². The van der Waals surface area contributed by atoms with E-state index in [1.807, 2.05) is 13.8 Å². The van der Waals surface area contributed by atoms with Gasteiger partial charge in [0.1, 0.15) is 42.0 Å². The highest BCUT2D eigenvalue weighted by atomic mass is 16.4. The number of carboxylic acids is 1. The third kappa shape index (κ3) is 14.6. The Hall–Kier alpha value is -6.30. The average Bonchev–Trinajstić information content (AvgIpc) is 4.01. The van der Waals surface area contributed by atoms with Crippen molar-refractivity contribution in [2.45, 2.75) is 135 Å². The third-order valence-electron chi connectivity index (χ3n) is 12.0. The zero-order chi connectivity index (χ0) is 47.8. The van der Waals surface area contributed by atoms with Crippen LogP contribution in [-0.2, 0) is 52.8 Å². The summed E-state index contributed by atoms with van der Waals surface area (Å²) in [6.07, 6.45) is 6.05. The molecule has 65 heavy (non-hydrogen) atoms. The third-order valence-corrected chi connectivity index (χ3v) is 12.0. The molecule has 9 N–H and O–H groups in total. The number of phenols is 1. The smallest absolute Gasteiger partial charge is 0.326 e. The van der Waals surface area contributed by atoms with E-state index in [2.05, 4.69) is 31.2 Å². The van der Waals surface area contributed by atoms with Crippen molar-refractivity contribution in [2.75, 3.05) is 13.6 Å². The minimum absolute atomic E-state index is 0.00214. The maximum absolute atomic E-state index is 14.6. The monoisotopic (exact) mass is 902 g/mol. The van der Waals surface area contributed by atoms with Gasteiger partial charge in [-0.05, 0) is 54.4 Å². The molecule has 2 heterocycles. The van der Waals surface area contributed by atoms with Crippen LogP contribution < -0.4 is 27.0 Å².